The van der Waals surface area contributed by atoms with Crippen molar-refractivity contribution < 1.29 is 4.52 Å². The second-order valence-electron chi connectivity index (χ2n) is 3.85. The number of nitrogens with zero attached hydrogens (tertiary/aromatic N) is 1. The summed E-state index contributed by atoms with van der Waals surface area (Å²) in [7, 11) is 0. The van der Waals surface area contributed by atoms with Crippen molar-refractivity contribution in [3.8, 4) is 12.3 Å². The van der Waals surface area contributed by atoms with E-state index in [1.807, 2.05) is 0 Å². The maximum absolute atomic E-state index is 5.29. The SMILES string of the molecule is C#Cc1nocc1CCCCCCCC. The van der Waals surface area contributed by atoms with Gasteiger partial charge < -0.3 is 4.52 Å². The lowest BCUT2D eigenvalue weighted by Crippen LogP contribution is -1.87. The van der Waals surface area contributed by atoms with Gasteiger partial charge in [-0.1, -0.05) is 44.2 Å². The van der Waals surface area contributed by atoms with Gasteiger partial charge in [0.15, 0.2) is 5.69 Å². The second-order valence-corrected chi connectivity index (χ2v) is 3.85. The van der Waals surface area contributed by atoms with Crippen molar-refractivity contribution in [1.29, 1.82) is 0 Å². The van der Waals surface area contributed by atoms with Gasteiger partial charge in [-0.15, -0.1) is 6.42 Å². The average Bonchev–Trinajstić information content (AvgIpc) is 2.70. The summed E-state index contributed by atoms with van der Waals surface area (Å²) >= 11 is 0. The Morgan fingerprint density at radius 1 is 1.27 bits per heavy atom. The van der Waals surface area contributed by atoms with E-state index in [1.54, 1.807) is 6.26 Å². The van der Waals surface area contributed by atoms with Gasteiger partial charge in [0.25, 0.3) is 0 Å². The van der Waals surface area contributed by atoms with Crippen molar-refractivity contribution in [2.45, 2.75) is 51.9 Å². The number of hydrogen-bond donors (Lipinski definition) is 0. The standard InChI is InChI=1S/C13H19NO/c1-3-5-6-7-8-9-10-12-11-15-14-13(12)4-2/h2,11H,3,5-10H2,1H3. The molecule has 82 valence electrons. The highest BCUT2D eigenvalue weighted by atomic mass is 16.5. The molecule has 0 spiro atoms. The Morgan fingerprint density at radius 3 is 2.73 bits per heavy atom. The third-order valence-corrected chi connectivity index (χ3v) is 2.58. The largest absolute Gasteiger partial charge is 0.363 e. The Bertz CT molecular complexity index is 309. The molecular formula is C13H19NO. The average molecular weight is 205 g/mol. The van der Waals surface area contributed by atoms with Crippen LogP contribution < -0.4 is 0 Å². The fraction of sp³-hybridized carbons (Fsp3) is 0.615. The molecule has 0 aliphatic rings. The number of unbranched alkanes of at least 4 members (excludes halogenated alkanes) is 5. The van der Waals surface area contributed by atoms with Gasteiger partial charge >= 0.3 is 0 Å². The molecule has 1 rings (SSSR count). The molecule has 0 saturated carbocycles. The molecule has 0 unspecified atom stereocenters. The van der Waals surface area contributed by atoms with Crippen molar-refractivity contribution in [1.82, 2.24) is 5.16 Å². The highest BCUT2D eigenvalue weighted by molar-refractivity contribution is 5.30. The van der Waals surface area contributed by atoms with Crippen molar-refractivity contribution in [2.75, 3.05) is 0 Å². The Morgan fingerprint density at radius 2 is 2.00 bits per heavy atom. The van der Waals surface area contributed by atoms with Crippen LogP contribution in [0.15, 0.2) is 10.8 Å². The van der Waals surface area contributed by atoms with Crippen molar-refractivity contribution in [2.24, 2.45) is 0 Å². The van der Waals surface area contributed by atoms with E-state index in [4.69, 9.17) is 10.9 Å². The summed E-state index contributed by atoms with van der Waals surface area (Å²) in [5.74, 6) is 2.53. The van der Waals surface area contributed by atoms with Crippen LogP contribution in [0.1, 0.15) is 56.7 Å². The van der Waals surface area contributed by atoms with E-state index < -0.39 is 0 Å². The number of aryl methyl sites for hydroxylation is 1. The zero-order chi connectivity index (χ0) is 10.9. The van der Waals surface area contributed by atoms with Crippen molar-refractivity contribution >= 4 is 0 Å². The highest BCUT2D eigenvalue weighted by Crippen LogP contribution is 2.12. The minimum Gasteiger partial charge on any atom is -0.363 e. The lowest BCUT2D eigenvalue weighted by molar-refractivity contribution is 0.417. The van der Waals surface area contributed by atoms with E-state index in [2.05, 4.69) is 18.0 Å². The van der Waals surface area contributed by atoms with E-state index in [9.17, 15) is 0 Å². The molecule has 0 N–H and O–H groups in total. The first kappa shape index (κ1) is 11.8. The lowest BCUT2D eigenvalue weighted by Gasteiger charge is -1.99. The molecule has 0 aromatic carbocycles. The van der Waals surface area contributed by atoms with Gasteiger partial charge in [-0.3, -0.25) is 0 Å². The number of hydrogen-bond acceptors (Lipinski definition) is 2. The number of terminal acetylenes is 1. The molecule has 0 fully saturated rings. The summed E-state index contributed by atoms with van der Waals surface area (Å²) in [6.45, 7) is 2.23. The molecule has 0 aliphatic heterocycles. The monoisotopic (exact) mass is 205 g/mol. The maximum Gasteiger partial charge on any atom is 0.159 e. The van der Waals surface area contributed by atoms with E-state index in [0.717, 1.165) is 12.0 Å². The Labute approximate surface area is 92.0 Å². The second kappa shape index (κ2) is 7.11. The van der Waals surface area contributed by atoms with Gasteiger partial charge in [0.05, 0.1) is 0 Å². The minimum atomic E-state index is 0.670. The summed E-state index contributed by atoms with van der Waals surface area (Å²) in [5.41, 5.74) is 1.75. The Kier molecular flexibility index (Phi) is 5.62. The molecule has 0 saturated heterocycles. The minimum absolute atomic E-state index is 0.670. The lowest BCUT2D eigenvalue weighted by atomic mass is 10.1. The van der Waals surface area contributed by atoms with Gasteiger partial charge in [0.2, 0.25) is 0 Å². The summed E-state index contributed by atoms with van der Waals surface area (Å²) < 4.78 is 4.84. The predicted molar refractivity (Wildman–Crippen MR) is 61.5 cm³/mol. The molecular weight excluding hydrogens is 186 g/mol. The fourth-order valence-corrected chi connectivity index (χ4v) is 1.65. The molecule has 1 heterocycles. The van der Waals surface area contributed by atoms with Crippen LogP contribution in [0.5, 0.6) is 0 Å². The predicted octanol–water partition coefficient (Wildman–Crippen LogP) is 3.56. The molecule has 0 amide bonds. The van der Waals surface area contributed by atoms with Crippen LogP contribution in [0.4, 0.5) is 0 Å². The van der Waals surface area contributed by atoms with Gasteiger partial charge in [-0.05, 0) is 18.8 Å². The van der Waals surface area contributed by atoms with Crippen LogP contribution in [-0.2, 0) is 6.42 Å². The molecule has 2 nitrogen and oxygen atoms in total. The highest BCUT2D eigenvalue weighted by Gasteiger charge is 2.03. The molecule has 0 aliphatic carbocycles. The van der Waals surface area contributed by atoms with E-state index in [-0.39, 0.29) is 0 Å². The summed E-state index contributed by atoms with van der Waals surface area (Å²) in [4.78, 5) is 0. The third kappa shape index (κ3) is 4.20. The fourth-order valence-electron chi connectivity index (χ4n) is 1.65. The summed E-state index contributed by atoms with van der Waals surface area (Å²) in [6, 6.07) is 0. The van der Waals surface area contributed by atoms with Crippen LogP contribution >= 0.6 is 0 Å². The Hall–Kier alpha value is -1.23. The zero-order valence-corrected chi connectivity index (χ0v) is 9.46. The van der Waals surface area contributed by atoms with Gasteiger partial charge in [-0.2, -0.15) is 0 Å². The first-order valence-electron chi connectivity index (χ1n) is 5.78. The van der Waals surface area contributed by atoms with Crippen LogP contribution in [0, 0.1) is 12.3 Å². The number of aromatic nitrogens is 1. The van der Waals surface area contributed by atoms with Crippen LogP contribution in [-0.4, -0.2) is 5.16 Å². The van der Waals surface area contributed by atoms with Crippen LogP contribution in [0.25, 0.3) is 0 Å². The van der Waals surface area contributed by atoms with Crippen molar-refractivity contribution in [3.63, 3.8) is 0 Å². The first-order chi connectivity index (χ1) is 7.38. The van der Waals surface area contributed by atoms with E-state index in [1.165, 1.54) is 38.5 Å². The van der Waals surface area contributed by atoms with Crippen molar-refractivity contribution in [3.05, 3.63) is 17.5 Å². The molecule has 1 aromatic heterocycles. The summed E-state index contributed by atoms with van der Waals surface area (Å²) in [5, 5.41) is 3.75. The molecule has 2 heteroatoms. The van der Waals surface area contributed by atoms with Crippen LogP contribution in [0.3, 0.4) is 0 Å². The topological polar surface area (TPSA) is 26.0 Å². The summed E-state index contributed by atoms with van der Waals surface area (Å²) in [6.07, 6.45) is 15.7. The first-order valence-corrected chi connectivity index (χ1v) is 5.78. The maximum atomic E-state index is 5.29. The molecule has 0 bridgehead atoms. The van der Waals surface area contributed by atoms with Gasteiger partial charge in [0, 0.05) is 5.56 Å². The smallest absolute Gasteiger partial charge is 0.159 e. The molecule has 0 atom stereocenters. The molecule has 15 heavy (non-hydrogen) atoms. The third-order valence-electron chi connectivity index (χ3n) is 2.58. The number of rotatable bonds is 7. The van der Waals surface area contributed by atoms with Crippen LogP contribution in [0.2, 0.25) is 0 Å². The normalized spacial score (nSPS) is 10.1. The Balaban J connectivity index is 2.13. The molecule has 1 aromatic rings. The quantitative estimate of drug-likeness (QED) is 0.502. The molecule has 0 radical (unpaired) electrons. The van der Waals surface area contributed by atoms with Gasteiger partial charge in [-0.25, -0.2) is 0 Å². The van der Waals surface area contributed by atoms with E-state index in [0.29, 0.717) is 5.69 Å². The van der Waals surface area contributed by atoms with E-state index >= 15 is 0 Å². The van der Waals surface area contributed by atoms with Gasteiger partial charge in [0.1, 0.15) is 6.26 Å². The zero-order valence-electron chi connectivity index (χ0n) is 9.46.